The summed E-state index contributed by atoms with van der Waals surface area (Å²) in [6.07, 6.45) is 2.12. The van der Waals surface area contributed by atoms with E-state index in [4.69, 9.17) is 4.74 Å². The minimum absolute atomic E-state index is 0.0742. The van der Waals surface area contributed by atoms with Crippen molar-refractivity contribution in [2.45, 2.75) is 26.7 Å². The van der Waals surface area contributed by atoms with Crippen molar-refractivity contribution in [2.24, 2.45) is 5.92 Å². The lowest BCUT2D eigenvalue weighted by Gasteiger charge is -2.30. The van der Waals surface area contributed by atoms with Crippen LogP contribution in [0.1, 0.15) is 35.7 Å². The number of urea groups is 1. The van der Waals surface area contributed by atoms with Crippen LogP contribution in [0.15, 0.2) is 18.2 Å². The fourth-order valence-corrected chi connectivity index (χ4v) is 2.87. The predicted octanol–water partition coefficient (Wildman–Crippen LogP) is 2.98. The van der Waals surface area contributed by atoms with Crippen LogP contribution >= 0.6 is 0 Å². The highest BCUT2D eigenvalue weighted by atomic mass is 16.5. The maximum atomic E-state index is 12.6. The van der Waals surface area contributed by atoms with Gasteiger partial charge in [0.2, 0.25) is 0 Å². The second-order valence-electron chi connectivity index (χ2n) is 6.85. The standard InChI is InChI=1S/C19H29N3O3/c1-14-7-9-22(10-8-14)18(23)16-5-6-17(15(2)13-16)20-19(24)21(3)11-12-25-4/h5-6,13-14H,7-12H2,1-4H3,(H,20,24). The number of carbonyl (C=O) groups is 2. The number of rotatable bonds is 5. The van der Waals surface area contributed by atoms with Crippen LogP contribution in [0.4, 0.5) is 10.5 Å². The van der Waals surface area contributed by atoms with Gasteiger partial charge in [-0.2, -0.15) is 0 Å². The molecular weight excluding hydrogens is 318 g/mol. The quantitative estimate of drug-likeness (QED) is 0.891. The van der Waals surface area contributed by atoms with Crippen molar-refractivity contribution in [2.75, 3.05) is 45.7 Å². The van der Waals surface area contributed by atoms with Gasteiger partial charge in [0.05, 0.1) is 6.61 Å². The third-order valence-corrected chi connectivity index (χ3v) is 4.76. The average Bonchev–Trinajstić information content (AvgIpc) is 2.61. The molecule has 25 heavy (non-hydrogen) atoms. The van der Waals surface area contributed by atoms with E-state index < -0.39 is 0 Å². The lowest BCUT2D eigenvalue weighted by molar-refractivity contribution is 0.0697. The van der Waals surface area contributed by atoms with E-state index in [2.05, 4.69) is 12.2 Å². The monoisotopic (exact) mass is 347 g/mol. The van der Waals surface area contributed by atoms with Crippen molar-refractivity contribution in [3.63, 3.8) is 0 Å². The van der Waals surface area contributed by atoms with E-state index in [-0.39, 0.29) is 11.9 Å². The minimum Gasteiger partial charge on any atom is -0.383 e. The first kappa shape index (κ1) is 19.2. The van der Waals surface area contributed by atoms with Crippen molar-refractivity contribution < 1.29 is 14.3 Å². The molecule has 0 saturated carbocycles. The largest absolute Gasteiger partial charge is 0.383 e. The molecule has 0 aromatic heterocycles. The van der Waals surface area contributed by atoms with E-state index in [9.17, 15) is 9.59 Å². The minimum atomic E-state index is -0.191. The Morgan fingerprint density at radius 2 is 2.00 bits per heavy atom. The van der Waals surface area contributed by atoms with E-state index in [1.807, 2.05) is 17.9 Å². The molecular formula is C19H29N3O3. The van der Waals surface area contributed by atoms with Gasteiger partial charge in [-0.05, 0) is 49.4 Å². The molecule has 0 aliphatic carbocycles. The number of ether oxygens (including phenoxy) is 1. The van der Waals surface area contributed by atoms with Crippen molar-refractivity contribution in [3.8, 4) is 0 Å². The molecule has 3 amide bonds. The number of methoxy groups -OCH3 is 1. The van der Waals surface area contributed by atoms with Gasteiger partial charge in [-0.3, -0.25) is 4.79 Å². The van der Waals surface area contributed by atoms with Gasteiger partial charge >= 0.3 is 6.03 Å². The van der Waals surface area contributed by atoms with Crippen LogP contribution in [-0.2, 0) is 4.74 Å². The molecule has 1 aliphatic rings. The molecule has 1 fully saturated rings. The fourth-order valence-electron chi connectivity index (χ4n) is 2.87. The van der Waals surface area contributed by atoms with E-state index >= 15 is 0 Å². The summed E-state index contributed by atoms with van der Waals surface area (Å²) in [4.78, 5) is 28.3. The summed E-state index contributed by atoms with van der Waals surface area (Å²) in [6.45, 7) is 6.78. The SMILES string of the molecule is COCCN(C)C(=O)Nc1ccc(C(=O)N2CCC(C)CC2)cc1C. The number of amides is 3. The number of nitrogens with zero attached hydrogens (tertiary/aromatic N) is 2. The Morgan fingerprint density at radius 3 is 2.60 bits per heavy atom. The Bertz CT molecular complexity index is 610. The van der Waals surface area contributed by atoms with Gasteiger partial charge in [-0.25, -0.2) is 4.79 Å². The van der Waals surface area contributed by atoms with Crippen LogP contribution in [0.3, 0.4) is 0 Å². The third kappa shape index (κ3) is 5.19. The molecule has 1 N–H and O–H groups in total. The van der Waals surface area contributed by atoms with Crippen molar-refractivity contribution in [1.29, 1.82) is 0 Å². The summed E-state index contributed by atoms with van der Waals surface area (Å²) in [5.74, 6) is 0.767. The number of hydrogen-bond donors (Lipinski definition) is 1. The number of nitrogens with one attached hydrogen (secondary N) is 1. The first-order chi connectivity index (χ1) is 11.9. The molecule has 0 unspecified atom stereocenters. The van der Waals surface area contributed by atoms with E-state index in [1.165, 1.54) is 0 Å². The van der Waals surface area contributed by atoms with Gasteiger partial charge in [0.25, 0.3) is 5.91 Å². The molecule has 6 nitrogen and oxygen atoms in total. The third-order valence-electron chi connectivity index (χ3n) is 4.76. The highest BCUT2D eigenvalue weighted by Crippen LogP contribution is 2.21. The highest BCUT2D eigenvalue weighted by Gasteiger charge is 2.22. The normalized spacial score (nSPS) is 15.1. The van der Waals surface area contributed by atoms with Crippen molar-refractivity contribution in [3.05, 3.63) is 29.3 Å². The number of benzene rings is 1. The zero-order valence-corrected chi connectivity index (χ0v) is 15.7. The molecule has 1 heterocycles. The number of likely N-dealkylation sites (tertiary alicyclic amines) is 1. The lowest BCUT2D eigenvalue weighted by atomic mass is 9.98. The predicted molar refractivity (Wildman–Crippen MR) is 99.0 cm³/mol. The van der Waals surface area contributed by atoms with Crippen molar-refractivity contribution in [1.82, 2.24) is 9.80 Å². The van der Waals surface area contributed by atoms with E-state index in [1.54, 1.807) is 31.2 Å². The molecule has 0 radical (unpaired) electrons. The Balaban J connectivity index is 2.00. The zero-order valence-electron chi connectivity index (χ0n) is 15.7. The summed E-state index contributed by atoms with van der Waals surface area (Å²) in [5, 5.41) is 2.88. The second-order valence-corrected chi connectivity index (χ2v) is 6.85. The Labute approximate surface area is 150 Å². The van der Waals surface area contributed by atoms with Gasteiger partial charge in [0.1, 0.15) is 0 Å². The number of hydrogen-bond acceptors (Lipinski definition) is 3. The molecule has 138 valence electrons. The molecule has 0 spiro atoms. The summed E-state index contributed by atoms with van der Waals surface area (Å²) in [6, 6.07) is 5.25. The van der Waals surface area contributed by atoms with E-state index in [0.717, 1.165) is 37.2 Å². The Morgan fingerprint density at radius 1 is 1.32 bits per heavy atom. The molecule has 1 saturated heterocycles. The van der Waals surface area contributed by atoms with Crippen LogP contribution in [0.5, 0.6) is 0 Å². The van der Waals surface area contributed by atoms with Crippen LogP contribution in [-0.4, -0.2) is 62.1 Å². The maximum Gasteiger partial charge on any atom is 0.321 e. The summed E-state index contributed by atoms with van der Waals surface area (Å²) >= 11 is 0. The molecule has 0 atom stereocenters. The number of likely N-dealkylation sites (N-methyl/N-ethyl adjacent to an activating group) is 1. The van der Waals surface area contributed by atoms with Gasteiger partial charge in [-0.15, -0.1) is 0 Å². The Hall–Kier alpha value is -2.08. The van der Waals surface area contributed by atoms with Gasteiger partial charge in [0.15, 0.2) is 0 Å². The topological polar surface area (TPSA) is 61.9 Å². The number of aryl methyl sites for hydroxylation is 1. The summed E-state index contributed by atoms with van der Waals surface area (Å²) in [5.41, 5.74) is 2.28. The molecule has 6 heteroatoms. The van der Waals surface area contributed by atoms with Gasteiger partial charge < -0.3 is 19.9 Å². The van der Waals surface area contributed by atoms with Crippen LogP contribution < -0.4 is 5.32 Å². The fraction of sp³-hybridized carbons (Fsp3) is 0.579. The van der Waals surface area contributed by atoms with Crippen LogP contribution in [0.2, 0.25) is 0 Å². The summed E-state index contributed by atoms with van der Waals surface area (Å²) < 4.78 is 4.98. The molecule has 1 aromatic carbocycles. The van der Waals surface area contributed by atoms with Crippen LogP contribution in [0.25, 0.3) is 0 Å². The van der Waals surface area contributed by atoms with Crippen LogP contribution in [0, 0.1) is 12.8 Å². The number of carbonyl (C=O) groups excluding carboxylic acids is 2. The number of anilines is 1. The Kier molecular flexibility index (Phi) is 6.82. The maximum absolute atomic E-state index is 12.6. The van der Waals surface area contributed by atoms with Gasteiger partial charge in [-0.1, -0.05) is 6.92 Å². The number of piperidine rings is 1. The smallest absolute Gasteiger partial charge is 0.321 e. The molecule has 1 aromatic rings. The molecule has 0 bridgehead atoms. The molecule has 1 aliphatic heterocycles. The summed E-state index contributed by atoms with van der Waals surface area (Å²) in [7, 11) is 3.33. The average molecular weight is 347 g/mol. The second kappa shape index (κ2) is 8.85. The zero-order chi connectivity index (χ0) is 18.4. The molecule has 2 rings (SSSR count). The van der Waals surface area contributed by atoms with Gasteiger partial charge in [0, 0.05) is 45.0 Å². The first-order valence-electron chi connectivity index (χ1n) is 8.83. The highest BCUT2D eigenvalue weighted by molar-refractivity contribution is 5.96. The lowest BCUT2D eigenvalue weighted by Crippen LogP contribution is -2.38. The first-order valence-corrected chi connectivity index (χ1v) is 8.83. The van der Waals surface area contributed by atoms with Crippen molar-refractivity contribution >= 4 is 17.6 Å². The van der Waals surface area contributed by atoms with E-state index in [0.29, 0.717) is 24.6 Å².